The molecule has 0 amide bonds. The lowest BCUT2D eigenvalue weighted by molar-refractivity contribution is -0.688. The highest BCUT2D eigenvalue weighted by molar-refractivity contribution is 9.10. The molecule has 0 bridgehead atoms. The molecule has 0 spiro atoms. The first-order valence-electron chi connectivity index (χ1n) is 6.57. The van der Waals surface area contributed by atoms with Gasteiger partial charge in [0.15, 0.2) is 17.3 Å². The monoisotopic (exact) mass is 340 g/mol. The highest BCUT2D eigenvalue weighted by atomic mass is 79.9. The number of benzene rings is 1. The summed E-state index contributed by atoms with van der Waals surface area (Å²) >= 11 is 3.53. The molecular weight excluding hydrogens is 322 g/mol. The van der Waals surface area contributed by atoms with Crippen molar-refractivity contribution in [2.75, 3.05) is 13.7 Å². The highest BCUT2D eigenvalue weighted by Gasteiger charge is 2.12. The normalized spacial score (nSPS) is 10.6. The molecule has 20 heavy (non-hydrogen) atoms. The molecule has 5 heteroatoms. The Morgan fingerprint density at radius 3 is 2.80 bits per heavy atom. The Morgan fingerprint density at radius 2 is 2.15 bits per heavy atom. The molecule has 0 saturated heterocycles. The van der Waals surface area contributed by atoms with Crippen molar-refractivity contribution in [1.29, 1.82) is 0 Å². The van der Waals surface area contributed by atoms with Crippen LogP contribution in [0.1, 0.15) is 18.2 Å². The number of methoxy groups -OCH3 is 1. The third kappa shape index (κ3) is 3.77. The zero-order valence-electron chi connectivity index (χ0n) is 11.7. The fourth-order valence-corrected chi connectivity index (χ4v) is 2.59. The van der Waals surface area contributed by atoms with E-state index in [9.17, 15) is 0 Å². The zero-order valence-corrected chi connectivity index (χ0v) is 13.3. The summed E-state index contributed by atoms with van der Waals surface area (Å²) in [5.41, 5.74) is 1.17. The lowest BCUT2D eigenvalue weighted by Gasteiger charge is -2.12. The van der Waals surface area contributed by atoms with Gasteiger partial charge >= 0.3 is 0 Å². The van der Waals surface area contributed by atoms with Crippen LogP contribution in [0.15, 0.2) is 39.4 Å². The summed E-state index contributed by atoms with van der Waals surface area (Å²) in [6.45, 7) is 4.23. The summed E-state index contributed by atoms with van der Waals surface area (Å²) < 4.78 is 17.2. The fraction of sp³-hybridized carbons (Fsp3) is 0.333. The zero-order chi connectivity index (χ0) is 14.4. The van der Waals surface area contributed by atoms with Crippen LogP contribution in [-0.2, 0) is 13.1 Å². The number of rotatable bonds is 7. The van der Waals surface area contributed by atoms with Gasteiger partial charge in [-0.3, -0.25) is 0 Å². The van der Waals surface area contributed by atoms with Crippen molar-refractivity contribution >= 4 is 15.9 Å². The van der Waals surface area contributed by atoms with Crippen molar-refractivity contribution in [2.45, 2.75) is 20.0 Å². The first-order chi connectivity index (χ1) is 9.74. The van der Waals surface area contributed by atoms with Crippen molar-refractivity contribution in [2.24, 2.45) is 0 Å². The summed E-state index contributed by atoms with van der Waals surface area (Å²) in [5, 5.41) is 2.18. The number of ether oxygens (including phenoxy) is 2. The summed E-state index contributed by atoms with van der Waals surface area (Å²) in [5.74, 6) is 2.48. The van der Waals surface area contributed by atoms with E-state index in [1.54, 1.807) is 13.4 Å². The molecule has 1 heterocycles. The number of furan rings is 1. The number of halogens is 1. The van der Waals surface area contributed by atoms with Crippen LogP contribution in [0.5, 0.6) is 11.5 Å². The molecule has 0 unspecified atom stereocenters. The van der Waals surface area contributed by atoms with Crippen molar-refractivity contribution < 1.29 is 19.2 Å². The summed E-state index contributed by atoms with van der Waals surface area (Å²) in [7, 11) is 1.65. The first kappa shape index (κ1) is 14.9. The van der Waals surface area contributed by atoms with Crippen molar-refractivity contribution in [3.63, 3.8) is 0 Å². The standard InChI is InChI=1S/C15H18BrNO3/c1-3-19-15-13(16)7-11(8-14(15)18-2)9-17-10-12-5-4-6-20-12/h4-8,17H,3,9-10H2,1-2H3/p+1. The Kier molecular flexibility index (Phi) is 5.49. The number of hydrogen-bond donors (Lipinski definition) is 1. The van der Waals surface area contributed by atoms with Crippen LogP contribution in [-0.4, -0.2) is 13.7 Å². The van der Waals surface area contributed by atoms with Gasteiger partial charge in [0.1, 0.15) is 13.1 Å². The Hall–Kier alpha value is -1.46. The van der Waals surface area contributed by atoms with Crippen LogP contribution in [0, 0.1) is 0 Å². The minimum Gasteiger partial charge on any atom is -0.493 e. The quantitative estimate of drug-likeness (QED) is 0.842. The van der Waals surface area contributed by atoms with E-state index < -0.39 is 0 Å². The minimum absolute atomic E-state index is 0.610. The molecule has 1 aromatic carbocycles. The van der Waals surface area contributed by atoms with Gasteiger partial charge in [-0.25, -0.2) is 0 Å². The van der Waals surface area contributed by atoms with Gasteiger partial charge in [0.05, 0.1) is 24.5 Å². The molecule has 0 aliphatic rings. The van der Waals surface area contributed by atoms with Crippen LogP contribution in [0.25, 0.3) is 0 Å². The fourth-order valence-electron chi connectivity index (χ4n) is 1.99. The molecule has 2 aromatic rings. The topological polar surface area (TPSA) is 48.2 Å². The van der Waals surface area contributed by atoms with E-state index in [0.29, 0.717) is 6.61 Å². The second-order valence-electron chi connectivity index (χ2n) is 4.32. The van der Waals surface area contributed by atoms with E-state index >= 15 is 0 Å². The molecule has 4 nitrogen and oxygen atoms in total. The molecule has 0 radical (unpaired) electrons. The van der Waals surface area contributed by atoms with Crippen LogP contribution >= 0.6 is 15.9 Å². The molecule has 1 aromatic heterocycles. The first-order valence-corrected chi connectivity index (χ1v) is 7.37. The predicted molar refractivity (Wildman–Crippen MR) is 79.9 cm³/mol. The third-order valence-electron chi connectivity index (χ3n) is 2.88. The molecule has 0 aliphatic heterocycles. The van der Waals surface area contributed by atoms with E-state index in [2.05, 4.69) is 27.3 Å². The summed E-state index contributed by atoms with van der Waals surface area (Å²) in [6, 6.07) is 7.95. The van der Waals surface area contributed by atoms with Gasteiger partial charge in [-0.15, -0.1) is 0 Å². The van der Waals surface area contributed by atoms with Gasteiger partial charge in [0, 0.05) is 5.56 Å². The van der Waals surface area contributed by atoms with E-state index in [-0.39, 0.29) is 0 Å². The molecule has 108 valence electrons. The maximum absolute atomic E-state index is 5.58. The molecular formula is C15H19BrNO3+. The van der Waals surface area contributed by atoms with Gasteiger partial charge < -0.3 is 19.2 Å². The molecule has 0 aliphatic carbocycles. The van der Waals surface area contributed by atoms with E-state index in [4.69, 9.17) is 13.9 Å². The van der Waals surface area contributed by atoms with E-state index in [1.165, 1.54) is 5.56 Å². The second-order valence-corrected chi connectivity index (χ2v) is 5.17. The SMILES string of the molecule is CCOc1c(Br)cc(C[NH2+]Cc2ccco2)cc1OC. The average molecular weight is 341 g/mol. The predicted octanol–water partition coefficient (Wildman–Crippen LogP) is 2.71. The maximum atomic E-state index is 5.58. The van der Waals surface area contributed by atoms with Crippen molar-refractivity contribution in [3.05, 3.63) is 46.3 Å². The van der Waals surface area contributed by atoms with Gasteiger partial charge in [-0.2, -0.15) is 0 Å². The molecule has 2 rings (SSSR count). The van der Waals surface area contributed by atoms with Gasteiger partial charge in [0.25, 0.3) is 0 Å². The Balaban J connectivity index is 2.02. The Labute approximate surface area is 127 Å². The molecule has 0 saturated carbocycles. The van der Waals surface area contributed by atoms with Crippen LogP contribution in [0.3, 0.4) is 0 Å². The Morgan fingerprint density at radius 1 is 1.30 bits per heavy atom. The molecule has 0 atom stereocenters. The highest BCUT2D eigenvalue weighted by Crippen LogP contribution is 2.36. The van der Waals surface area contributed by atoms with Gasteiger partial charge in [-0.1, -0.05) is 0 Å². The average Bonchev–Trinajstić information content (AvgIpc) is 2.94. The van der Waals surface area contributed by atoms with E-state index in [1.807, 2.05) is 25.1 Å². The molecule has 0 fully saturated rings. The van der Waals surface area contributed by atoms with Crippen LogP contribution in [0.2, 0.25) is 0 Å². The summed E-state index contributed by atoms with van der Waals surface area (Å²) in [6.07, 6.45) is 1.69. The van der Waals surface area contributed by atoms with Crippen LogP contribution in [0.4, 0.5) is 0 Å². The van der Waals surface area contributed by atoms with Gasteiger partial charge in [0.2, 0.25) is 0 Å². The van der Waals surface area contributed by atoms with Gasteiger partial charge in [-0.05, 0) is 47.1 Å². The minimum atomic E-state index is 0.610. The smallest absolute Gasteiger partial charge is 0.175 e. The Bertz CT molecular complexity index is 540. The van der Waals surface area contributed by atoms with E-state index in [0.717, 1.165) is 34.8 Å². The number of quaternary nitrogens is 1. The number of hydrogen-bond acceptors (Lipinski definition) is 3. The number of nitrogens with two attached hydrogens (primary N) is 1. The summed E-state index contributed by atoms with van der Waals surface area (Å²) in [4.78, 5) is 0. The van der Waals surface area contributed by atoms with Crippen molar-refractivity contribution in [1.82, 2.24) is 0 Å². The largest absolute Gasteiger partial charge is 0.493 e. The molecule has 2 N–H and O–H groups in total. The maximum Gasteiger partial charge on any atom is 0.175 e. The second kappa shape index (κ2) is 7.36. The lowest BCUT2D eigenvalue weighted by atomic mass is 10.2. The third-order valence-corrected chi connectivity index (χ3v) is 3.47. The van der Waals surface area contributed by atoms with Crippen LogP contribution < -0.4 is 14.8 Å². The lowest BCUT2D eigenvalue weighted by Crippen LogP contribution is -2.80. The van der Waals surface area contributed by atoms with Crippen molar-refractivity contribution in [3.8, 4) is 11.5 Å².